The Balaban J connectivity index is 1.75. The zero-order chi connectivity index (χ0) is 24.1. The van der Waals surface area contributed by atoms with Gasteiger partial charge in [0, 0.05) is 39.9 Å². The number of furan rings is 1. The molecule has 0 amide bonds. The van der Waals surface area contributed by atoms with E-state index in [2.05, 4.69) is 99.9 Å². The molecule has 0 fully saturated rings. The third-order valence-electron chi connectivity index (χ3n) is 6.68. The van der Waals surface area contributed by atoms with Crippen LogP contribution in [-0.4, -0.2) is 9.97 Å². The van der Waals surface area contributed by atoms with Crippen LogP contribution in [-0.2, 0) is 7.05 Å². The van der Waals surface area contributed by atoms with Crippen LogP contribution in [0.5, 0.6) is 0 Å². The van der Waals surface area contributed by atoms with E-state index in [-0.39, 0.29) is 0 Å². The molecular formula is C30H32N3O+. The van der Waals surface area contributed by atoms with Crippen LogP contribution in [0.1, 0.15) is 62.0 Å². The zero-order valence-corrected chi connectivity index (χ0v) is 21.1. The van der Waals surface area contributed by atoms with Crippen LogP contribution in [0.15, 0.2) is 59.1 Å². The lowest BCUT2D eigenvalue weighted by molar-refractivity contribution is -0.660. The lowest BCUT2D eigenvalue weighted by Gasteiger charge is -2.14. The van der Waals surface area contributed by atoms with Crippen molar-refractivity contribution >= 4 is 22.1 Å². The molecule has 0 spiro atoms. The first kappa shape index (κ1) is 22.3. The number of aromatic nitrogens is 3. The molecule has 0 bridgehead atoms. The molecule has 4 nitrogen and oxygen atoms in total. The molecule has 34 heavy (non-hydrogen) atoms. The molecule has 5 aromatic rings. The summed E-state index contributed by atoms with van der Waals surface area (Å²) in [6.07, 6.45) is 2.12. The van der Waals surface area contributed by atoms with Crippen molar-refractivity contribution in [2.45, 2.75) is 53.4 Å². The van der Waals surface area contributed by atoms with Gasteiger partial charge in [0.15, 0.2) is 11.8 Å². The second-order valence-electron chi connectivity index (χ2n) is 9.97. The van der Waals surface area contributed by atoms with Gasteiger partial charge in [-0.1, -0.05) is 39.8 Å². The number of nitrogens with zero attached hydrogens (tertiary/aromatic N) is 3. The van der Waals surface area contributed by atoms with Crippen molar-refractivity contribution in [2.75, 3.05) is 0 Å². The van der Waals surface area contributed by atoms with Gasteiger partial charge in [-0.25, -0.2) is 9.55 Å². The zero-order valence-electron chi connectivity index (χ0n) is 21.1. The number of pyridine rings is 3. The molecular weight excluding hydrogens is 418 g/mol. The number of hydrogen-bond acceptors (Lipinski definition) is 3. The largest absolute Gasteiger partial charge is 0.437 e. The summed E-state index contributed by atoms with van der Waals surface area (Å²) in [6, 6.07) is 17.3. The van der Waals surface area contributed by atoms with E-state index >= 15 is 0 Å². The second-order valence-corrected chi connectivity index (χ2v) is 9.97. The van der Waals surface area contributed by atoms with Crippen LogP contribution >= 0.6 is 0 Å². The molecule has 4 heterocycles. The Bertz CT molecular complexity index is 1520. The van der Waals surface area contributed by atoms with Gasteiger partial charge < -0.3 is 4.42 Å². The van der Waals surface area contributed by atoms with Gasteiger partial charge in [0.1, 0.15) is 7.05 Å². The van der Waals surface area contributed by atoms with Crippen molar-refractivity contribution in [3.8, 4) is 22.5 Å². The van der Waals surface area contributed by atoms with Gasteiger partial charge in [-0.15, -0.1) is 0 Å². The fraction of sp³-hybridized carbons (Fsp3) is 0.300. The Morgan fingerprint density at radius 2 is 1.59 bits per heavy atom. The quantitative estimate of drug-likeness (QED) is 0.268. The topological polar surface area (TPSA) is 42.8 Å². The van der Waals surface area contributed by atoms with Crippen LogP contribution in [0.25, 0.3) is 44.6 Å². The molecule has 0 N–H and O–H groups in total. The van der Waals surface area contributed by atoms with E-state index in [4.69, 9.17) is 9.40 Å². The van der Waals surface area contributed by atoms with Crippen molar-refractivity contribution < 1.29 is 8.98 Å². The highest BCUT2D eigenvalue weighted by Crippen LogP contribution is 2.37. The fourth-order valence-corrected chi connectivity index (χ4v) is 4.56. The minimum Gasteiger partial charge on any atom is -0.437 e. The summed E-state index contributed by atoms with van der Waals surface area (Å²) in [5, 5.41) is 2.14. The summed E-state index contributed by atoms with van der Waals surface area (Å²) < 4.78 is 8.52. The molecule has 4 aromatic heterocycles. The van der Waals surface area contributed by atoms with E-state index in [1.807, 2.05) is 13.0 Å². The van der Waals surface area contributed by atoms with Crippen molar-refractivity contribution in [3.05, 3.63) is 77.2 Å². The first-order chi connectivity index (χ1) is 16.2. The molecule has 0 saturated heterocycles. The Hall–Kier alpha value is -3.53. The highest BCUT2D eigenvalue weighted by atomic mass is 16.3. The maximum Gasteiger partial charge on any atom is 0.227 e. The number of hydrogen-bond donors (Lipinski definition) is 0. The molecule has 0 atom stereocenters. The number of rotatable bonds is 4. The van der Waals surface area contributed by atoms with Gasteiger partial charge in [0.25, 0.3) is 0 Å². The normalized spacial score (nSPS) is 11.9. The Morgan fingerprint density at radius 3 is 2.32 bits per heavy atom. The van der Waals surface area contributed by atoms with E-state index in [1.54, 1.807) is 0 Å². The van der Waals surface area contributed by atoms with Crippen molar-refractivity contribution in [1.29, 1.82) is 0 Å². The van der Waals surface area contributed by atoms with Gasteiger partial charge in [0.05, 0.1) is 11.3 Å². The highest BCUT2D eigenvalue weighted by Gasteiger charge is 2.22. The van der Waals surface area contributed by atoms with Gasteiger partial charge in [-0.2, -0.15) is 0 Å². The number of fused-ring (bicyclic) bond motifs is 3. The third kappa shape index (κ3) is 3.77. The molecule has 5 rings (SSSR count). The van der Waals surface area contributed by atoms with E-state index < -0.39 is 0 Å². The Labute approximate surface area is 201 Å². The summed E-state index contributed by atoms with van der Waals surface area (Å²) in [5.41, 5.74) is 10.5. The predicted molar refractivity (Wildman–Crippen MR) is 139 cm³/mol. The predicted octanol–water partition coefficient (Wildman–Crippen LogP) is 7.40. The average Bonchev–Trinajstić information content (AvgIpc) is 3.16. The third-order valence-corrected chi connectivity index (χ3v) is 6.68. The molecule has 4 heteroatoms. The summed E-state index contributed by atoms with van der Waals surface area (Å²) in [5.74, 6) is 0.820. The standard InChI is InChI=1S/C30H32N3O/c1-17(2)22-14-25(18(3)4)32-26(15-22)21-12-13-33(7)27(16-21)28-19(5)8-10-23-24-11-9-20(6)31-30(24)34-29(23)28/h8-18H,1-7H3/q+1. The van der Waals surface area contributed by atoms with Gasteiger partial charge >= 0.3 is 0 Å². The minimum absolute atomic E-state index is 0.374. The van der Waals surface area contributed by atoms with E-state index in [1.165, 1.54) is 11.1 Å². The first-order valence-corrected chi connectivity index (χ1v) is 12.0. The molecule has 172 valence electrons. The van der Waals surface area contributed by atoms with Gasteiger partial charge in [-0.3, -0.25) is 4.98 Å². The average molecular weight is 451 g/mol. The second kappa shape index (κ2) is 8.35. The van der Waals surface area contributed by atoms with Crippen LogP contribution in [0, 0.1) is 13.8 Å². The van der Waals surface area contributed by atoms with Gasteiger partial charge in [-0.05, 0) is 61.1 Å². The molecule has 0 saturated carbocycles. The van der Waals surface area contributed by atoms with Crippen LogP contribution in [0.2, 0.25) is 0 Å². The first-order valence-electron chi connectivity index (χ1n) is 12.0. The molecule has 0 aliphatic rings. The molecule has 1 aromatic carbocycles. The summed E-state index contributed by atoms with van der Waals surface area (Å²) in [6.45, 7) is 13.0. The van der Waals surface area contributed by atoms with Crippen LogP contribution < -0.4 is 4.57 Å². The number of aryl methyl sites for hydroxylation is 3. The molecule has 0 aliphatic carbocycles. The summed E-state index contributed by atoms with van der Waals surface area (Å²) in [7, 11) is 2.08. The van der Waals surface area contributed by atoms with Gasteiger partial charge in [0.2, 0.25) is 11.4 Å². The molecule has 0 aliphatic heterocycles. The Morgan fingerprint density at radius 1 is 0.824 bits per heavy atom. The fourth-order valence-electron chi connectivity index (χ4n) is 4.56. The van der Waals surface area contributed by atoms with Crippen molar-refractivity contribution in [2.24, 2.45) is 7.05 Å². The molecule has 0 unspecified atom stereocenters. The smallest absolute Gasteiger partial charge is 0.227 e. The summed E-state index contributed by atoms with van der Waals surface area (Å²) >= 11 is 0. The summed E-state index contributed by atoms with van der Waals surface area (Å²) in [4.78, 5) is 9.67. The molecule has 0 radical (unpaired) electrons. The van der Waals surface area contributed by atoms with Crippen LogP contribution in [0.4, 0.5) is 0 Å². The highest BCUT2D eigenvalue weighted by molar-refractivity contribution is 6.08. The van der Waals surface area contributed by atoms with E-state index in [0.29, 0.717) is 17.5 Å². The lowest BCUT2D eigenvalue weighted by atomic mass is 9.96. The lowest BCUT2D eigenvalue weighted by Crippen LogP contribution is -2.30. The SMILES string of the molecule is Cc1ccc2c(n1)oc1c(-c3cc(-c4cc(C(C)C)cc(C(C)C)n4)cc[n+]3C)c(C)ccc12. The van der Waals surface area contributed by atoms with E-state index in [9.17, 15) is 0 Å². The Kier molecular flexibility index (Phi) is 5.47. The van der Waals surface area contributed by atoms with Crippen molar-refractivity contribution in [3.63, 3.8) is 0 Å². The van der Waals surface area contributed by atoms with E-state index in [0.717, 1.165) is 50.3 Å². The van der Waals surface area contributed by atoms with Crippen LogP contribution in [0.3, 0.4) is 0 Å². The van der Waals surface area contributed by atoms with Crippen molar-refractivity contribution in [1.82, 2.24) is 9.97 Å². The maximum absolute atomic E-state index is 6.36. The maximum atomic E-state index is 6.36. The monoisotopic (exact) mass is 450 g/mol. The number of benzene rings is 1. The minimum atomic E-state index is 0.374.